The molecule has 0 saturated heterocycles. The van der Waals surface area contributed by atoms with E-state index in [-0.39, 0.29) is 0 Å². The monoisotopic (exact) mass is 158 g/mol. The van der Waals surface area contributed by atoms with Gasteiger partial charge in [0.1, 0.15) is 0 Å². The number of carboxylic acids is 1. The van der Waals surface area contributed by atoms with E-state index in [0.29, 0.717) is 5.57 Å². The lowest BCUT2D eigenvalue weighted by molar-refractivity contribution is -0.132. The lowest BCUT2D eigenvalue weighted by Crippen LogP contribution is -2.18. The Morgan fingerprint density at radius 2 is 1.80 bits per heavy atom. The van der Waals surface area contributed by atoms with E-state index in [9.17, 15) is 4.79 Å². The van der Waals surface area contributed by atoms with Crippen molar-refractivity contribution in [2.24, 2.45) is 0 Å². The number of carboxylic acid groups (broad SMARTS) is 1. The first-order valence-corrected chi connectivity index (χ1v) is 6.83. The molecule has 0 rings (SSSR count). The van der Waals surface area contributed by atoms with Crippen LogP contribution in [0.25, 0.3) is 0 Å². The minimum Gasteiger partial charge on any atom is -0.478 e. The van der Waals surface area contributed by atoms with Gasteiger partial charge >= 0.3 is 5.97 Å². The molecule has 0 aliphatic rings. The van der Waals surface area contributed by atoms with Gasteiger partial charge in [-0.25, -0.2) is 4.79 Å². The quantitative estimate of drug-likeness (QED) is 0.492. The van der Waals surface area contributed by atoms with Crippen molar-refractivity contribution >= 4 is 14.0 Å². The van der Waals surface area contributed by atoms with Crippen LogP contribution in [0, 0.1) is 0 Å². The molecule has 0 aromatic heterocycles. The summed E-state index contributed by atoms with van der Waals surface area (Å²) in [7, 11) is -1.33. The summed E-state index contributed by atoms with van der Waals surface area (Å²) in [6, 6.07) is 0. The number of rotatable bonds is 2. The Labute approximate surface area is 62.6 Å². The van der Waals surface area contributed by atoms with Crippen LogP contribution < -0.4 is 0 Å². The van der Waals surface area contributed by atoms with Crippen LogP contribution in [0.3, 0.4) is 0 Å². The zero-order valence-electron chi connectivity index (χ0n) is 6.93. The van der Waals surface area contributed by atoms with Crippen molar-refractivity contribution in [2.45, 2.75) is 26.6 Å². The normalized spacial score (nSPS) is 13.4. The molecular formula is C7H14O2Si. The van der Waals surface area contributed by atoms with E-state index < -0.39 is 14.0 Å². The summed E-state index contributed by atoms with van der Waals surface area (Å²) in [6.45, 7) is 7.97. The van der Waals surface area contributed by atoms with Gasteiger partial charge in [0.2, 0.25) is 0 Å². The molecule has 0 heterocycles. The minimum absolute atomic E-state index is 0.471. The summed E-state index contributed by atoms with van der Waals surface area (Å²) in [5, 5.41) is 8.50. The molecule has 58 valence electrons. The number of hydrogen-bond acceptors (Lipinski definition) is 1. The van der Waals surface area contributed by atoms with E-state index in [1.165, 1.54) is 0 Å². The zero-order chi connectivity index (χ0) is 8.36. The molecule has 0 atom stereocenters. The fourth-order valence-electron chi connectivity index (χ4n) is 0.711. The van der Waals surface area contributed by atoms with Gasteiger partial charge < -0.3 is 5.11 Å². The van der Waals surface area contributed by atoms with E-state index in [0.717, 1.165) is 0 Å². The first kappa shape index (κ1) is 9.43. The summed E-state index contributed by atoms with van der Waals surface area (Å²) in [5.74, 6) is -0.803. The maximum absolute atomic E-state index is 10.3. The first-order chi connectivity index (χ1) is 4.33. The number of aliphatic carboxylic acids is 1. The Bertz CT molecular complexity index is 165. The highest BCUT2D eigenvalue weighted by Gasteiger charge is 2.11. The molecule has 3 heteroatoms. The van der Waals surface area contributed by atoms with Crippen molar-refractivity contribution < 1.29 is 9.90 Å². The lowest BCUT2D eigenvalue weighted by atomic mass is 10.4. The molecule has 1 N–H and O–H groups in total. The van der Waals surface area contributed by atoms with Gasteiger partial charge in [-0.15, -0.1) is 0 Å². The number of hydrogen-bond donors (Lipinski definition) is 1. The van der Waals surface area contributed by atoms with Crippen molar-refractivity contribution in [1.82, 2.24) is 0 Å². The van der Waals surface area contributed by atoms with Crippen molar-refractivity contribution in [3.8, 4) is 0 Å². The fraction of sp³-hybridized carbons (Fsp3) is 0.571. The summed E-state index contributed by atoms with van der Waals surface area (Å²) in [4.78, 5) is 10.3. The average molecular weight is 158 g/mol. The van der Waals surface area contributed by atoms with Crippen molar-refractivity contribution in [1.29, 1.82) is 0 Å². The third kappa shape index (κ3) is 4.32. The maximum atomic E-state index is 10.3. The van der Waals surface area contributed by atoms with Gasteiger partial charge in [-0.2, -0.15) is 0 Å². The highest BCUT2D eigenvalue weighted by molar-refractivity contribution is 6.81. The van der Waals surface area contributed by atoms with Gasteiger partial charge in [0.15, 0.2) is 0 Å². The Balaban J connectivity index is 4.32. The largest absolute Gasteiger partial charge is 0.478 e. The van der Waals surface area contributed by atoms with Gasteiger partial charge in [-0.3, -0.25) is 0 Å². The van der Waals surface area contributed by atoms with Crippen LogP contribution in [0.15, 0.2) is 11.3 Å². The Morgan fingerprint density at radius 1 is 1.40 bits per heavy atom. The topological polar surface area (TPSA) is 37.3 Å². The Kier molecular flexibility index (Phi) is 2.84. The molecule has 0 aromatic rings. The van der Waals surface area contributed by atoms with E-state index in [4.69, 9.17) is 5.11 Å². The molecule has 0 radical (unpaired) electrons. The first-order valence-electron chi connectivity index (χ1n) is 3.26. The van der Waals surface area contributed by atoms with Crippen LogP contribution in [-0.2, 0) is 4.79 Å². The predicted molar refractivity (Wildman–Crippen MR) is 44.7 cm³/mol. The van der Waals surface area contributed by atoms with Crippen LogP contribution in [-0.4, -0.2) is 19.1 Å². The molecule has 0 saturated carbocycles. The molecule has 0 aromatic carbocycles. The molecule has 2 nitrogen and oxygen atoms in total. The number of carbonyl (C=O) groups is 1. The predicted octanol–water partition coefficient (Wildman–Crippen LogP) is 1.89. The summed E-state index contributed by atoms with van der Waals surface area (Å²) in [6.07, 6.45) is 0. The van der Waals surface area contributed by atoms with Crippen LogP contribution in [0.5, 0.6) is 0 Å². The molecular weight excluding hydrogens is 144 g/mol. The van der Waals surface area contributed by atoms with Crippen LogP contribution >= 0.6 is 0 Å². The molecule has 0 amide bonds. The zero-order valence-corrected chi connectivity index (χ0v) is 7.93. The van der Waals surface area contributed by atoms with Crippen LogP contribution in [0.4, 0.5) is 0 Å². The van der Waals surface area contributed by atoms with Crippen molar-refractivity contribution in [3.63, 3.8) is 0 Å². The van der Waals surface area contributed by atoms with E-state index >= 15 is 0 Å². The van der Waals surface area contributed by atoms with Crippen molar-refractivity contribution in [2.75, 3.05) is 0 Å². The maximum Gasteiger partial charge on any atom is 0.330 e. The third-order valence-corrected chi connectivity index (χ3v) is 2.29. The second-order valence-corrected chi connectivity index (χ2v) is 8.52. The smallest absolute Gasteiger partial charge is 0.330 e. The second-order valence-electron chi connectivity index (χ2n) is 3.50. The fourth-order valence-corrected chi connectivity index (χ4v) is 2.13. The van der Waals surface area contributed by atoms with E-state index in [1.54, 1.807) is 6.92 Å². The molecule has 0 unspecified atom stereocenters. The van der Waals surface area contributed by atoms with Crippen LogP contribution in [0.2, 0.25) is 19.6 Å². The molecule has 0 fully saturated rings. The van der Waals surface area contributed by atoms with E-state index in [1.807, 2.05) is 5.70 Å². The van der Waals surface area contributed by atoms with Gasteiger partial charge in [-0.1, -0.05) is 25.3 Å². The SMILES string of the molecule is CC(=C[Si](C)(C)C)C(=O)O. The molecule has 10 heavy (non-hydrogen) atoms. The third-order valence-electron chi connectivity index (χ3n) is 0.987. The standard InChI is InChI=1S/C7H14O2Si/c1-6(7(8)9)5-10(2,3)4/h5H,1-4H3,(H,8,9). The Hall–Kier alpha value is -0.573. The molecule has 0 spiro atoms. The lowest BCUT2D eigenvalue weighted by Gasteiger charge is -2.09. The molecule has 0 bridgehead atoms. The van der Waals surface area contributed by atoms with Gasteiger partial charge in [0.25, 0.3) is 0 Å². The van der Waals surface area contributed by atoms with E-state index in [2.05, 4.69) is 19.6 Å². The highest BCUT2D eigenvalue weighted by atomic mass is 28.3. The average Bonchev–Trinajstić information content (AvgIpc) is 1.60. The molecule has 0 aliphatic heterocycles. The minimum atomic E-state index is -1.33. The van der Waals surface area contributed by atoms with Crippen molar-refractivity contribution in [3.05, 3.63) is 11.3 Å². The summed E-state index contributed by atoms with van der Waals surface area (Å²) < 4.78 is 0. The highest BCUT2D eigenvalue weighted by Crippen LogP contribution is 2.06. The van der Waals surface area contributed by atoms with Gasteiger partial charge in [0.05, 0.1) is 8.07 Å². The summed E-state index contributed by atoms with van der Waals surface area (Å²) in [5.41, 5.74) is 2.36. The van der Waals surface area contributed by atoms with Gasteiger partial charge in [0, 0.05) is 5.57 Å². The molecule has 0 aliphatic carbocycles. The Morgan fingerprint density at radius 3 is 1.90 bits per heavy atom. The summed E-state index contributed by atoms with van der Waals surface area (Å²) >= 11 is 0. The second kappa shape index (κ2) is 3.01. The van der Waals surface area contributed by atoms with Gasteiger partial charge in [-0.05, 0) is 6.92 Å². The van der Waals surface area contributed by atoms with Crippen LogP contribution in [0.1, 0.15) is 6.92 Å².